The van der Waals surface area contributed by atoms with Crippen molar-refractivity contribution in [3.05, 3.63) is 136 Å². The van der Waals surface area contributed by atoms with Gasteiger partial charge in [0.15, 0.2) is 0 Å². The van der Waals surface area contributed by atoms with Crippen LogP contribution in [0.3, 0.4) is 0 Å². The summed E-state index contributed by atoms with van der Waals surface area (Å²) in [5.41, 5.74) is 3.71. The van der Waals surface area contributed by atoms with Crippen LogP contribution in [0.1, 0.15) is 26.3 Å². The van der Waals surface area contributed by atoms with E-state index < -0.39 is 17.9 Å². The Kier molecular flexibility index (Phi) is 8.03. The molecule has 40 heavy (non-hydrogen) atoms. The van der Waals surface area contributed by atoms with Gasteiger partial charge in [-0.15, -0.1) is 0 Å². The van der Waals surface area contributed by atoms with E-state index in [-0.39, 0.29) is 23.6 Å². The number of carbonyl (C=O) groups excluding carboxylic acids is 2. The first-order valence-electron chi connectivity index (χ1n) is 12.6. The van der Waals surface area contributed by atoms with Gasteiger partial charge in [-0.1, -0.05) is 101 Å². The van der Waals surface area contributed by atoms with Gasteiger partial charge in [0.25, 0.3) is 11.8 Å². The SMILES string of the molecule is O=C(Nc1ccc(Br)cc1C(=O)NC(Cc1ccc(-c2ccccc2)cc1)C(=O)O)c1ccc2ccccc2c1. The van der Waals surface area contributed by atoms with Gasteiger partial charge < -0.3 is 15.7 Å². The highest BCUT2D eigenvalue weighted by Gasteiger charge is 2.23. The Hall–Kier alpha value is -4.75. The van der Waals surface area contributed by atoms with E-state index in [1.165, 1.54) is 0 Å². The standard InChI is InChI=1S/C33H25BrN2O4/c34-27-16-17-29(35-31(37)26-15-14-23-8-4-5-9-25(23)19-26)28(20-27)32(38)36-30(33(39)40)18-21-10-12-24(13-11-21)22-6-2-1-3-7-22/h1-17,19-20,30H,18H2,(H,35,37)(H,36,38)(H,39,40). The minimum absolute atomic E-state index is 0.100. The van der Waals surface area contributed by atoms with Gasteiger partial charge in [0.2, 0.25) is 0 Å². The van der Waals surface area contributed by atoms with Crippen molar-refractivity contribution in [2.75, 3.05) is 5.32 Å². The van der Waals surface area contributed by atoms with E-state index in [4.69, 9.17) is 0 Å². The van der Waals surface area contributed by atoms with Crippen LogP contribution in [0.25, 0.3) is 21.9 Å². The lowest BCUT2D eigenvalue weighted by atomic mass is 10.0. The van der Waals surface area contributed by atoms with E-state index in [0.29, 0.717) is 10.0 Å². The average molecular weight is 593 g/mol. The Labute approximate surface area is 239 Å². The zero-order chi connectivity index (χ0) is 28.1. The maximum absolute atomic E-state index is 13.3. The summed E-state index contributed by atoms with van der Waals surface area (Å²) in [6.07, 6.45) is 0.100. The van der Waals surface area contributed by atoms with Gasteiger partial charge in [-0.3, -0.25) is 9.59 Å². The molecule has 5 aromatic rings. The predicted octanol–water partition coefficient (Wildman–Crippen LogP) is 6.95. The lowest BCUT2D eigenvalue weighted by molar-refractivity contribution is -0.139. The normalized spacial score (nSPS) is 11.5. The van der Waals surface area contributed by atoms with Gasteiger partial charge in [-0.05, 0) is 57.8 Å². The number of amides is 2. The van der Waals surface area contributed by atoms with Gasteiger partial charge in [0, 0.05) is 16.5 Å². The molecular weight excluding hydrogens is 568 g/mol. The zero-order valence-corrected chi connectivity index (χ0v) is 22.9. The molecule has 0 aliphatic carbocycles. The van der Waals surface area contributed by atoms with Crippen LogP contribution < -0.4 is 10.6 Å². The van der Waals surface area contributed by atoms with E-state index in [0.717, 1.165) is 27.5 Å². The first-order valence-corrected chi connectivity index (χ1v) is 13.4. The summed E-state index contributed by atoms with van der Waals surface area (Å²) in [7, 11) is 0. The highest BCUT2D eigenvalue weighted by molar-refractivity contribution is 9.10. The third kappa shape index (κ3) is 6.27. The number of hydrogen-bond donors (Lipinski definition) is 3. The number of carboxylic acid groups (broad SMARTS) is 1. The van der Waals surface area contributed by atoms with Crippen molar-refractivity contribution in [1.82, 2.24) is 5.32 Å². The molecule has 0 heterocycles. The summed E-state index contributed by atoms with van der Waals surface area (Å²) in [6, 6.07) is 34.2. The average Bonchev–Trinajstić information content (AvgIpc) is 2.98. The van der Waals surface area contributed by atoms with Gasteiger partial charge in [-0.2, -0.15) is 0 Å². The number of benzene rings is 5. The summed E-state index contributed by atoms with van der Waals surface area (Å²) in [5, 5.41) is 17.2. The van der Waals surface area contributed by atoms with E-state index in [1.807, 2.05) is 84.9 Å². The highest BCUT2D eigenvalue weighted by Crippen LogP contribution is 2.24. The number of hydrogen-bond acceptors (Lipinski definition) is 3. The fourth-order valence-corrected chi connectivity index (χ4v) is 4.84. The molecule has 0 aliphatic heterocycles. The summed E-state index contributed by atoms with van der Waals surface area (Å²) in [5.74, 6) is -2.14. The van der Waals surface area contributed by atoms with Crippen molar-refractivity contribution in [3.8, 4) is 11.1 Å². The molecule has 0 fully saturated rings. The van der Waals surface area contributed by atoms with Gasteiger partial charge in [0.1, 0.15) is 6.04 Å². The molecular formula is C33H25BrN2O4. The van der Waals surface area contributed by atoms with Crippen molar-refractivity contribution < 1.29 is 19.5 Å². The molecule has 198 valence electrons. The number of aliphatic carboxylic acids is 1. The first-order chi connectivity index (χ1) is 19.4. The Morgan fingerprint density at radius 2 is 1.38 bits per heavy atom. The molecule has 0 saturated carbocycles. The van der Waals surface area contributed by atoms with E-state index in [2.05, 4.69) is 26.6 Å². The van der Waals surface area contributed by atoms with Crippen molar-refractivity contribution in [2.24, 2.45) is 0 Å². The van der Waals surface area contributed by atoms with E-state index in [9.17, 15) is 19.5 Å². The number of rotatable bonds is 8. The quantitative estimate of drug-likeness (QED) is 0.182. The van der Waals surface area contributed by atoms with Crippen LogP contribution in [-0.4, -0.2) is 28.9 Å². The van der Waals surface area contributed by atoms with Gasteiger partial charge in [0.05, 0.1) is 11.3 Å². The first kappa shape index (κ1) is 26.8. The van der Waals surface area contributed by atoms with Crippen LogP contribution in [0, 0.1) is 0 Å². The molecule has 0 aliphatic rings. The van der Waals surface area contributed by atoms with Crippen LogP contribution >= 0.6 is 15.9 Å². The lowest BCUT2D eigenvalue weighted by Gasteiger charge is -2.17. The fraction of sp³-hybridized carbons (Fsp3) is 0.0606. The Morgan fingerprint density at radius 1 is 0.700 bits per heavy atom. The van der Waals surface area contributed by atoms with Crippen LogP contribution in [0.2, 0.25) is 0 Å². The molecule has 0 aromatic heterocycles. The number of carbonyl (C=O) groups is 3. The topological polar surface area (TPSA) is 95.5 Å². The van der Waals surface area contributed by atoms with Crippen molar-refractivity contribution in [1.29, 1.82) is 0 Å². The number of halogens is 1. The van der Waals surface area contributed by atoms with Crippen LogP contribution in [0.4, 0.5) is 5.69 Å². The summed E-state index contributed by atoms with van der Waals surface area (Å²) < 4.78 is 0.615. The minimum Gasteiger partial charge on any atom is -0.480 e. The molecule has 0 radical (unpaired) electrons. The maximum Gasteiger partial charge on any atom is 0.326 e. The number of anilines is 1. The van der Waals surface area contributed by atoms with E-state index in [1.54, 1.807) is 30.3 Å². The third-order valence-corrected chi connectivity index (χ3v) is 7.08. The van der Waals surface area contributed by atoms with Crippen molar-refractivity contribution >= 4 is 50.2 Å². The molecule has 0 spiro atoms. The van der Waals surface area contributed by atoms with Crippen molar-refractivity contribution in [2.45, 2.75) is 12.5 Å². The summed E-state index contributed by atoms with van der Waals surface area (Å²) >= 11 is 3.37. The number of carboxylic acids is 1. The maximum atomic E-state index is 13.3. The molecule has 6 nitrogen and oxygen atoms in total. The lowest BCUT2D eigenvalue weighted by Crippen LogP contribution is -2.42. The molecule has 5 aromatic carbocycles. The number of fused-ring (bicyclic) bond motifs is 1. The van der Waals surface area contributed by atoms with E-state index >= 15 is 0 Å². The Morgan fingerprint density at radius 3 is 2.10 bits per heavy atom. The summed E-state index contributed by atoms with van der Waals surface area (Å²) in [4.78, 5) is 38.5. The Balaban J connectivity index is 1.32. The molecule has 7 heteroatoms. The molecule has 2 amide bonds. The van der Waals surface area contributed by atoms with Crippen molar-refractivity contribution in [3.63, 3.8) is 0 Å². The fourth-order valence-electron chi connectivity index (χ4n) is 4.47. The Bertz CT molecular complexity index is 1700. The second-order valence-electron chi connectivity index (χ2n) is 9.34. The summed E-state index contributed by atoms with van der Waals surface area (Å²) in [6.45, 7) is 0. The second-order valence-corrected chi connectivity index (χ2v) is 10.3. The largest absolute Gasteiger partial charge is 0.480 e. The highest BCUT2D eigenvalue weighted by atomic mass is 79.9. The second kappa shape index (κ2) is 12.0. The zero-order valence-electron chi connectivity index (χ0n) is 21.3. The van der Waals surface area contributed by atoms with Crippen LogP contribution in [0.5, 0.6) is 0 Å². The monoisotopic (exact) mass is 592 g/mol. The molecule has 0 bridgehead atoms. The molecule has 5 rings (SSSR count). The van der Waals surface area contributed by atoms with Crippen LogP contribution in [0.15, 0.2) is 120 Å². The molecule has 1 atom stereocenters. The van der Waals surface area contributed by atoms with Crippen LogP contribution in [-0.2, 0) is 11.2 Å². The minimum atomic E-state index is -1.17. The van der Waals surface area contributed by atoms with Gasteiger partial charge in [-0.25, -0.2) is 4.79 Å². The third-order valence-electron chi connectivity index (χ3n) is 6.59. The molecule has 0 saturated heterocycles. The van der Waals surface area contributed by atoms with Gasteiger partial charge >= 0.3 is 5.97 Å². The smallest absolute Gasteiger partial charge is 0.326 e. The number of nitrogens with one attached hydrogen (secondary N) is 2. The molecule has 3 N–H and O–H groups in total. The molecule has 1 unspecified atom stereocenters. The predicted molar refractivity (Wildman–Crippen MR) is 161 cm³/mol.